The van der Waals surface area contributed by atoms with Crippen molar-refractivity contribution in [2.24, 2.45) is 5.41 Å². The van der Waals surface area contributed by atoms with Crippen LogP contribution in [0.3, 0.4) is 0 Å². The highest BCUT2D eigenvalue weighted by Gasteiger charge is 2.44. The summed E-state index contributed by atoms with van der Waals surface area (Å²) in [6.45, 7) is 6.58. The van der Waals surface area contributed by atoms with E-state index in [0.29, 0.717) is 6.42 Å². The fraction of sp³-hybridized carbons (Fsp3) is 1.00. The Morgan fingerprint density at radius 3 is 2.35 bits per heavy atom. The van der Waals surface area contributed by atoms with Crippen LogP contribution < -0.4 is 0 Å². The normalized spacial score (nSPS) is 39.6. The Morgan fingerprint density at radius 2 is 2.00 bits per heavy atom. The quantitative estimate of drug-likeness (QED) is 0.799. The monoisotopic (exact) mass is 286 g/mol. The first-order valence-electron chi connectivity index (χ1n) is 5.45. The summed E-state index contributed by atoms with van der Waals surface area (Å²) in [6, 6.07) is 0. The minimum Gasteiger partial charge on any atom is -0.324 e. The molecular formula is C9H20O6P2. The van der Waals surface area contributed by atoms with Gasteiger partial charge in [-0.05, 0) is 13.3 Å². The Balaban J connectivity index is 2.77. The lowest BCUT2D eigenvalue weighted by atomic mass is 9.82. The van der Waals surface area contributed by atoms with Crippen LogP contribution in [0.25, 0.3) is 0 Å². The third kappa shape index (κ3) is 4.16. The Bertz CT molecular complexity index is 350. The van der Waals surface area contributed by atoms with E-state index in [1.165, 1.54) is 6.66 Å². The van der Waals surface area contributed by atoms with Gasteiger partial charge in [-0.3, -0.25) is 9.13 Å². The van der Waals surface area contributed by atoms with Gasteiger partial charge in [0.1, 0.15) is 0 Å². The second-order valence-electron chi connectivity index (χ2n) is 4.58. The highest BCUT2D eigenvalue weighted by molar-refractivity contribution is 7.53. The van der Waals surface area contributed by atoms with Crippen LogP contribution in [0.15, 0.2) is 0 Å². The molecule has 0 bridgehead atoms. The SMILES string of the molecule is CCC1(C(C)OP(C)(=O)O)COP(C)(=O)OC1. The summed E-state index contributed by atoms with van der Waals surface area (Å²) in [6.07, 6.45) is 0.141. The van der Waals surface area contributed by atoms with Gasteiger partial charge in [0, 0.05) is 18.7 Å². The molecule has 1 aliphatic rings. The third-order valence-electron chi connectivity index (χ3n) is 3.09. The van der Waals surface area contributed by atoms with Gasteiger partial charge < -0.3 is 18.5 Å². The van der Waals surface area contributed by atoms with Crippen LogP contribution in [0.4, 0.5) is 0 Å². The van der Waals surface area contributed by atoms with Gasteiger partial charge >= 0.3 is 15.2 Å². The van der Waals surface area contributed by atoms with Gasteiger partial charge in [-0.25, -0.2) is 0 Å². The van der Waals surface area contributed by atoms with Crippen LogP contribution >= 0.6 is 15.2 Å². The minimum atomic E-state index is -3.56. The summed E-state index contributed by atoms with van der Waals surface area (Å²) in [5.41, 5.74) is -0.529. The molecule has 6 nitrogen and oxygen atoms in total. The number of hydrogen-bond acceptors (Lipinski definition) is 5. The van der Waals surface area contributed by atoms with E-state index in [1.54, 1.807) is 6.92 Å². The topological polar surface area (TPSA) is 82.1 Å². The van der Waals surface area contributed by atoms with E-state index < -0.39 is 26.7 Å². The Kier molecular flexibility index (Phi) is 4.63. The van der Waals surface area contributed by atoms with E-state index in [0.717, 1.165) is 6.66 Å². The van der Waals surface area contributed by atoms with Gasteiger partial charge in [0.15, 0.2) is 0 Å². The smallest absolute Gasteiger partial charge is 0.324 e. The lowest BCUT2D eigenvalue weighted by Crippen LogP contribution is -2.44. The molecule has 8 heteroatoms. The molecule has 0 amide bonds. The maximum absolute atomic E-state index is 11.6. The van der Waals surface area contributed by atoms with Crippen molar-refractivity contribution < 1.29 is 27.6 Å². The van der Waals surface area contributed by atoms with Gasteiger partial charge in [-0.1, -0.05) is 6.92 Å². The number of rotatable bonds is 4. The van der Waals surface area contributed by atoms with Crippen molar-refractivity contribution in [3.8, 4) is 0 Å². The zero-order valence-electron chi connectivity index (χ0n) is 10.6. The molecule has 17 heavy (non-hydrogen) atoms. The van der Waals surface area contributed by atoms with Crippen LogP contribution in [0.5, 0.6) is 0 Å². The van der Waals surface area contributed by atoms with E-state index in [1.807, 2.05) is 6.92 Å². The molecule has 1 rings (SSSR count). The summed E-state index contributed by atoms with van der Waals surface area (Å²) in [4.78, 5) is 9.23. The second-order valence-corrected chi connectivity index (χ2v) is 8.46. The van der Waals surface area contributed by atoms with E-state index in [4.69, 9.17) is 13.6 Å². The molecule has 1 saturated heterocycles. The summed E-state index contributed by atoms with van der Waals surface area (Å²) in [7, 11) is -6.51. The van der Waals surface area contributed by atoms with Crippen LogP contribution in [0, 0.1) is 5.41 Å². The van der Waals surface area contributed by atoms with Gasteiger partial charge in [0.25, 0.3) is 0 Å². The van der Waals surface area contributed by atoms with Crippen LogP contribution in [-0.2, 0) is 22.7 Å². The van der Waals surface area contributed by atoms with Gasteiger partial charge in [-0.15, -0.1) is 0 Å². The van der Waals surface area contributed by atoms with E-state index in [-0.39, 0.29) is 13.2 Å². The molecule has 0 aromatic carbocycles. The maximum atomic E-state index is 11.6. The Morgan fingerprint density at radius 1 is 1.53 bits per heavy atom. The van der Waals surface area contributed by atoms with Gasteiger partial charge in [0.2, 0.25) is 0 Å². The molecule has 102 valence electrons. The third-order valence-corrected chi connectivity index (χ3v) is 5.00. The van der Waals surface area contributed by atoms with Crippen molar-refractivity contribution in [2.75, 3.05) is 26.5 Å². The summed E-state index contributed by atoms with van der Waals surface area (Å²) in [5, 5.41) is 0. The fourth-order valence-corrected chi connectivity index (χ4v) is 3.57. The predicted octanol–water partition coefficient (Wildman–Crippen LogP) is 2.47. The van der Waals surface area contributed by atoms with Gasteiger partial charge in [0.05, 0.1) is 19.3 Å². The first kappa shape index (κ1) is 15.4. The molecule has 0 aliphatic carbocycles. The zero-order valence-corrected chi connectivity index (χ0v) is 12.4. The average Bonchev–Trinajstić information content (AvgIpc) is 2.16. The van der Waals surface area contributed by atoms with Crippen molar-refractivity contribution in [3.63, 3.8) is 0 Å². The fourth-order valence-electron chi connectivity index (χ4n) is 1.70. The number of hydrogen-bond donors (Lipinski definition) is 1. The molecule has 2 unspecified atom stereocenters. The van der Waals surface area contributed by atoms with Crippen molar-refractivity contribution in [2.45, 2.75) is 26.4 Å². The van der Waals surface area contributed by atoms with Crippen molar-refractivity contribution in [1.29, 1.82) is 0 Å². The zero-order chi connectivity index (χ0) is 13.3. The lowest BCUT2D eigenvalue weighted by molar-refractivity contribution is -0.0551. The molecule has 0 radical (unpaired) electrons. The summed E-state index contributed by atoms with van der Waals surface area (Å²) in [5.74, 6) is 0. The predicted molar refractivity (Wildman–Crippen MR) is 64.5 cm³/mol. The molecule has 1 aliphatic heterocycles. The first-order chi connectivity index (χ1) is 7.60. The Labute approximate surface area is 102 Å². The second kappa shape index (κ2) is 5.12. The highest BCUT2D eigenvalue weighted by atomic mass is 31.2. The molecule has 0 spiro atoms. The van der Waals surface area contributed by atoms with E-state index in [2.05, 4.69) is 0 Å². The molecule has 1 fully saturated rings. The van der Waals surface area contributed by atoms with Crippen molar-refractivity contribution in [1.82, 2.24) is 0 Å². The van der Waals surface area contributed by atoms with Gasteiger partial charge in [-0.2, -0.15) is 0 Å². The molecular weight excluding hydrogens is 266 g/mol. The summed E-state index contributed by atoms with van der Waals surface area (Å²) >= 11 is 0. The molecule has 0 saturated carbocycles. The van der Waals surface area contributed by atoms with Crippen LogP contribution in [-0.4, -0.2) is 37.5 Å². The molecule has 0 aromatic heterocycles. The Hall–Kier alpha value is 0.300. The minimum absolute atomic E-state index is 0.207. The van der Waals surface area contributed by atoms with Crippen molar-refractivity contribution in [3.05, 3.63) is 0 Å². The van der Waals surface area contributed by atoms with Crippen LogP contribution in [0.2, 0.25) is 0 Å². The molecule has 0 aromatic rings. The van der Waals surface area contributed by atoms with Crippen molar-refractivity contribution >= 4 is 15.2 Å². The largest absolute Gasteiger partial charge is 0.327 e. The molecule has 1 N–H and O–H groups in total. The lowest BCUT2D eigenvalue weighted by Gasteiger charge is -2.42. The van der Waals surface area contributed by atoms with Crippen LogP contribution in [0.1, 0.15) is 20.3 Å². The summed E-state index contributed by atoms with van der Waals surface area (Å²) < 4.78 is 38.3. The first-order valence-corrected chi connectivity index (χ1v) is 9.47. The van der Waals surface area contributed by atoms with E-state index in [9.17, 15) is 14.0 Å². The maximum Gasteiger partial charge on any atom is 0.327 e. The molecule has 2 atom stereocenters. The van der Waals surface area contributed by atoms with E-state index >= 15 is 0 Å². The highest BCUT2D eigenvalue weighted by Crippen LogP contribution is 2.54. The standard InChI is InChI=1S/C9H20O6P2/c1-5-9(8(2)15-16(3,10)11)6-13-17(4,12)14-7-9/h8H,5-7H2,1-4H3,(H,10,11). The average molecular weight is 286 g/mol. The molecule has 1 heterocycles.